The molecule has 3 N–H and O–H groups in total. The van der Waals surface area contributed by atoms with Crippen LogP contribution in [0.5, 0.6) is 5.75 Å². The zero-order chi connectivity index (χ0) is 15.2. The summed E-state index contributed by atoms with van der Waals surface area (Å²) in [5.41, 5.74) is 6.52. The van der Waals surface area contributed by atoms with Crippen LogP contribution in [0.3, 0.4) is 0 Å². The Morgan fingerprint density at radius 2 is 2.27 bits per heavy atom. The summed E-state index contributed by atoms with van der Waals surface area (Å²) >= 11 is 0. The van der Waals surface area contributed by atoms with Crippen molar-refractivity contribution in [2.45, 2.75) is 38.8 Å². The monoisotopic (exact) mass is 328 g/mol. The first-order valence-corrected chi connectivity index (χ1v) is 7.47. The van der Waals surface area contributed by atoms with Crippen LogP contribution in [-0.4, -0.2) is 31.3 Å². The number of benzene rings is 1. The van der Waals surface area contributed by atoms with Gasteiger partial charge in [0.1, 0.15) is 12.4 Å². The van der Waals surface area contributed by atoms with Gasteiger partial charge in [0.05, 0.1) is 12.1 Å². The Morgan fingerprint density at radius 3 is 2.91 bits per heavy atom. The smallest absolute Gasteiger partial charge is 0.241 e. The van der Waals surface area contributed by atoms with E-state index in [1.165, 1.54) is 0 Å². The fraction of sp³-hybridized carbons (Fsp3) is 0.562. The summed E-state index contributed by atoms with van der Waals surface area (Å²) in [7, 11) is 0. The first kappa shape index (κ1) is 18.7. The number of carbonyl (C=O) groups excluding carboxylic acids is 1. The van der Waals surface area contributed by atoms with Crippen LogP contribution in [0.4, 0.5) is 5.69 Å². The molecule has 0 radical (unpaired) electrons. The highest BCUT2D eigenvalue weighted by molar-refractivity contribution is 5.94. The molecule has 1 aliphatic rings. The Kier molecular flexibility index (Phi) is 7.65. The average molecular weight is 329 g/mol. The summed E-state index contributed by atoms with van der Waals surface area (Å²) in [5, 5.41) is 2.82. The number of hydrogen-bond acceptors (Lipinski definition) is 4. The molecule has 2 rings (SSSR count). The number of ether oxygens (including phenoxy) is 2. The van der Waals surface area contributed by atoms with Crippen molar-refractivity contribution in [2.75, 3.05) is 18.5 Å². The van der Waals surface area contributed by atoms with Crippen molar-refractivity contribution >= 4 is 24.0 Å². The Hall–Kier alpha value is -1.30. The van der Waals surface area contributed by atoms with Gasteiger partial charge in [0, 0.05) is 18.4 Å². The van der Waals surface area contributed by atoms with Crippen LogP contribution in [0.1, 0.15) is 26.7 Å². The molecule has 1 heterocycles. The highest BCUT2D eigenvalue weighted by Crippen LogP contribution is 2.20. The quantitative estimate of drug-likeness (QED) is 0.841. The van der Waals surface area contributed by atoms with Crippen molar-refractivity contribution in [3.63, 3.8) is 0 Å². The van der Waals surface area contributed by atoms with E-state index in [0.29, 0.717) is 12.3 Å². The molecule has 2 unspecified atom stereocenters. The molecule has 0 saturated carbocycles. The van der Waals surface area contributed by atoms with Crippen LogP contribution < -0.4 is 15.8 Å². The van der Waals surface area contributed by atoms with Crippen molar-refractivity contribution in [1.29, 1.82) is 0 Å². The Morgan fingerprint density at radius 1 is 1.50 bits per heavy atom. The summed E-state index contributed by atoms with van der Waals surface area (Å²) in [4.78, 5) is 11.9. The lowest BCUT2D eigenvalue weighted by Crippen LogP contribution is -2.39. The molecule has 1 aromatic carbocycles. The van der Waals surface area contributed by atoms with Crippen LogP contribution in [0, 0.1) is 5.92 Å². The van der Waals surface area contributed by atoms with Crippen LogP contribution in [0.2, 0.25) is 0 Å². The van der Waals surface area contributed by atoms with Gasteiger partial charge in [0.15, 0.2) is 0 Å². The predicted octanol–water partition coefficient (Wildman–Crippen LogP) is 2.59. The Labute approximate surface area is 138 Å². The van der Waals surface area contributed by atoms with E-state index >= 15 is 0 Å². The summed E-state index contributed by atoms with van der Waals surface area (Å²) in [5.74, 6) is 0.645. The van der Waals surface area contributed by atoms with Gasteiger partial charge in [0.25, 0.3) is 0 Å². The molecule has 124 valence electrons. The molecular weight excluding hydrogens is 304 g/mol. The lowest BCUT2D eigenvalue weighted by Gasteiger charge is -2.16. The molecule has 0 bridgehead atoms. The van der Waals surface area contributed by atoms with Crippen molar-refractivity contribution in [2.24, 2.45) is 11.7 Å². The summed E-state index contributed by atoms with van der Waals surface area (Å²) in [6.45, 7) is 5.21. The summed E-state index contributed by atoms with van der Waals surface area (Å²) < 4.78 is 11.2. The molecule has 1 amide bonds. The maximum atomic E-state index is 11.9. The molecular formula is C16H25ClN2O3. The van der Waals surface area contributed by atoms with Gasteiger partial charge in [0.2, 0.25) is 5.91 Å². The number of rotatable bonds is 6. The maximum absolute atomic E-state index is 11.9. The lowest BCUT2D eigenvalue weighted by atomic mass is 10.0. The first-order valence-electron chi connectivity index (χ1n) is 7.47. The molecule has 6 heteroatoms. The highest BCUT2D eigenvalue weighted by Gasteiger charge is 2.18. The van der Waals surface area contributed by atoms with Crippen LogP contribution >= 0.6 is 12.4 Å². The second-order valence-corrected chi connectivity index (χ2v) is 5.73. The largest absolute Gasteiger partial charge is 0.491 e. The zero-order valence-corrected chi connectivity index (χ0v) is 13.9. The van der Waals surface area contributed by atoms with Crippen molar-refractivity contribution in [3.05, 3.63) is 24.3 Å². The Bertz CT molecular complexity index is 476. The minimum atomic E-state index is -0.513. The number of nitrogens with one attached hydrogen (secondary N) is 1. The van der Waals surface area contributed by atoms with Crippen molar-refractivity contribution < 1.29 is 14.3 Å². The average Bonchev–Trinajstić information content (AvgIpc) is 2.98. The van der Waals surface area contributed by atoms with E-state index in [9.17, 15) is 4.79 Å². The van der Waals surface area contributed by atoms with E-state index in [-0.39, 0.29) is 30.3 Å². The van der Waals surface area contributed by atoms with E-state index in [4.69, 9.17) is 15.2 Å². The predicted molar refractivity (Wildman–Crippen MR) is 89.6 cm³/mol. The van der Waals surface area contributed by atoms with E-state index in [0.717, 1.165) is 25.2 Å². The van der Waals surface area contributed by atoms with Gasteiger partial charge in [-0.05, 0) is 30.9 Å². The van der Waals surface area contributed by atoms with Crippen molar-refractivity contribution in [3.8, 4) is 5.75 Å². The molecule has 1 aliphatic heterocycles. The number of amides is 1. The van der Waals surface area contributed by atoms with Gasteiger partial charge in [-0.3, -0.25) is 4.79 Å². The molecule has 2 atom stereocenters. The van der Waals surface area contributed by atoms with Gasteiger partial charge >= 0.3 is 0 Å². The molecule has 0 spiro atoms. The molecule has 0 aromatic heterocycles. The molecule has 1 saturated heterocycles. The van der Waals surface area contributed by atoms with Gasteiger partial charge in [-0.15, -0.1) is 12.4 Å². The minimum absolute atomic E-state index is 0. The third-order valence-corrected chi connectivity index (χ3v) is 3.58. The number of anilines is 1. The molecule has 1 fully saturated rings. The third kappa shape index (κ3) is 5.48. The van der Waals surface area contributed by atoms with Gasteiger partial charge in [-0.2, -0.15) is 0 Å². The molecule has 22 heavy (non-hydrogen) atoms. The minimum Gasteiger partial charge on any atom is -0.491 e. The Balaban J connectivity index is 0.00000242. The van der Waals surface area contributed by atoms with E-state index in [1.54, 1.807) is 6.07 Å². The third-order valence-electron chi connectivity index (χ3n) is 3.58. The molecule has 0 aliphatic carbocycles. The topological polar surface area (TPSA) is 73.6 Å². The molecule has 5 nitrogen and oxygen atoms in total. The van der Waals surface area contributed by atoms with E-state index in [1.807, 2.05) is 32.0 Å². The normalized spacial score (nSPS) is 18.6. The highest BCUT2D eigenvalue weighted by atomic mass is 35.5. The SMILES string of the molecule is CC(C)C(N)C(=O)Nc1cccc(OCC2CCCO2)c1.Cl. The first-order chi connectivity index (χ1) is 10.1. The van der Waals surface area contributed by atoms with Gasteiger partial charge in [-0.25, -0.2) is 0 Å². The van der Waals surface area contributed by atoms with E-state index < -0.39 is 6.04 Å². The summed E-state index contributed by atoms with van der Waals surface area (Å²) in [6.07, 6.45) is 2.31. The fourth-order valence-corrected chi connectivity index (χ4v) is 2.16. The van der Waals surface area contributed by atoms with Crippen molar-refractivity contribution in [1.82, 2.24) is 0 Å². The molecule has 1 aromatic rings. The van der Waals surface area contributed by atoms with E-state index in [2.05, 4.69) is 5.32 Å². The number of hydrogen-bond donors (Lipinski definition) is 2. The maximum Gasteiger partial charge on any atom is 0.241 e. The zero-order valence-electron chi connectivity index (χ0n) is 13.1. The second kappa shape index (κ2) is 8.98. The lowest BCUT2D eigenvalue weighted by molar-refractivity contribution is -0.118. The number of nitrogens with two attached hydrogens (primary N) is 1. The van der Waals surface area contributed by atoms with Gasteiger partial charge < -0.3 is 20.5 Å². The number of carbonyl (C=O) groups is 1. The standard InChI is InChI=1S/C16H24N2O3.ClH/c1-11(2)15(17)16(19)18-12-5-3-6-13(9-12)21-10-14-7-4-8-20-14;/h3,5-6,9,11,14-15H,4,7-8,10,17H2,1-2H3,(H,18,19);1H. The van der Waals surface area contributed by atoms with Crippen LogP contribution in [0.25, 0.3) is 0 Å². The van der Waals surface area contributed by atoms with Crippen LogP contribution in [0.15, 0.2) is 24.3 Å². The van der Waals surface area contributed by atoms with Gasteiger partial charge in [-0.1, -0.05) is 19.9 Å². The second-order valence-electron chi connectivity index (χ2n) is 5.73. The van der Waals surface area contributed by atoms with Crippen LogP contribution in [-0.2, 0) is 9.53 Å². The number of halogens is 1. The fourth-order valence-electron chi connectivity index (χ4n) is 2.16. The summed E-state index contributed by atoms with van der Waals surface area (Å²) in [6, 6.07) is 6.83.